The maximum atomic E-state index is 12.3. The molecule has 0 amide bonds. The number of hydrogen-bond donors (Lipinski definition) is 2. The number of esters is 1. The average molecular weight is 293 g/mol. The fourth-order valence-corrected chi connectivity index (χ4v) is 2.66. The molecule has 7 heteroatoms. The summed E-state index contributed by atoms with van der Waals surface area (Å²) in [6.07, 6.45) is 4.24. The predicted octanol–water partition coefficient (Wildman–Crippen LogP) is 0.965. The van der Waals surface area contributed by atoms with Gasteiger partial charge in [0, 0.05) is 12.0 Å². The molecule has 0 aromatic carbocycles. The van der Waals surface area contributed by atoms with Gasteiger partial charge in [0.2, 0.25) is 0 Å². The number of aromatic amines is 1. The maximum absolute atomic E-state index is 12.3. The van der Waals surface area contributed by atoms with Crippen molar-refractivity contribution in [2.45, 2.75) is 44.1 Å². The number of aromatic nitrogens is 4. The first-order chi connectivity index (χ1) is 10.0. The number of nitrogens with zero attached hydrogens (tertiary/aromatic N) is 3. The summed E-state index contributed by atoms with van der Waals surface area (Å²) in [6, 6.07) is 0. The van der Waals surface area contributed by atoms with Gasteiger partial charge in [-0.05, 0) is 25.2 Å². The summed E-state index contributed by atoms with van der Waals surface area (Å²) in [5, 5.41) is 17.7. The number of H-pyrrole nitrogens is 1. The van der Waals surface area contributed by atoms with Crippen LogP contribution in [0.2, 0.25) is 0 Å². The zero-order chi connectivity index (χ0) is 15.5. The minimum atomic E-state index is -0.768. The summed E-state index contributed by atoms with van der Waals surface area (Å²) in [7, 11) is 1.41. The van der Waals surface area contributed by atoms with Crippen molar-refractivity contribution < 1.29 is 9.53 Å². The summed E-state index contributed by atoms with van der Waals surface area (Å²) in [5.41, 5.74) is -0.891. The Morgan fingerprint density at radius 1 is 1.62 bits per heavy atom. The molecular weight excluding hydrogens is 270 g/mol. The molecule has 2 N–H and O–H groups in total. The number of carbonyl (C=O) groups excluding carboxylic acids is 1. The molecule has 1 aromatic heterocycles. The van der Waals surface area contributed by atoms with Crippen molar-refractivity contribution in [1.29, 1.82) is 0 Å². The Hall–Kier alpha value is -1.76. The fourth-order valence-electron chi connectivity index (χ4n) is 2.66. The molecule has 1 heterocycles. The SMILES string of the molecule is C=CC[C@@](NCC1(c2nn[nH]n2)CC1)(C(=O)OC)C(C)C. The largest absolute Gasteiger partial charge is 0.468 e. The highest BCUT2D eigenvalue weighted by molar-refractivity contribution is 5.81. The van der Waals surface area contributed by atoms with Gasteiger partial charge >= 0.3 is 5.97 Å². The molecule has 116 valence electrons. The normalized spacial score (nSPS) is 19.0. The van der Waals surface area contributed by atoms with Crippen molar-refractivity contribution >= 4 is 5.97 Å². The van der Waals surface area contributed by atoms with Gasteiger partial charge < -0.3 is 10.1 Å². The van der Waals surface area contributed by atoms with E-state index < -0.39 is 5.54 Å². The van der Waals surface area contributed by atoms with Crippen LogP contribution in [0.1, 0.15) is 38.9 Å². The Bertz CT molecular complexity index is 495. The van der Waals surface area contributed by atoms with Crippen LogP contribution in [0.25, 0.3) is 0 Å². The third-order valence-electron chi connectivity index (χ3n) is 4.42. The highest BCUT2D eigenvalue weighted by atomic mass is 16.5. The quantitative estimate of drug-likeness (QED) is 0.548. The first kappa shape index (κ1) is 15.6. The molecule has 0 unspecified atom stereocenters. The summed E-state index contributed by atoms with van der Waals surface area (Å²) in [6.45, 7) is 8.39. The summed E-state index contributed by atoms with van der Waals surface area (Å²) in [5.74, 6) is 0.515. The van der Waals surface area contributed by atoms with Crippen molar-refractivity contribution in [2.75, 3.05) is 13.7 Å². The molecule has 1 aliphatic rings. The van der Waals surface area contributed by atoms with E-state index in [1.54, 1.807) is 6.08 Å². The van der Waals surface area contributed by atoms with Gasteiger partial charge in [-0.3, -0.25) is 4.79 Å². The Morgan fingerprint density at radius 2 is 2.33 bits per heavy atom. The van der Waals surface area contributed by atoms with Crippen molar-refractivity contribution in [1.82, 2.24) is 25.9 Å². The predicted molar refractivity (Wildman–Crippen MR) is 77.5 cm³/mol. The molecule has 0 aliphatic heterocycles. The minimum Gasteiger partial charge on any atom is -0.468 e. The molecule has 1 aliphatic carbocycles. The third-order valence-corrected chi connectivity index (χ3v) is 4.42. The van der Waals surface area contributed by atoms with E-state index in [1.165, 1.54) is 7.11 Å². The van der Waals surface area contributed by atoms with Crippen molar-refractivity contribution in [2.24, 2.45) is 5.92 Å². The van der Waals surface area contributed by atoms with Gasteiger partial charge in [-0.2, -0.15) is 5.21 Å². The second kappa shape index (κ2) is 5.93. The van der Waals surface area contributed by atoms with Crippen LogP contribution < -0.4 is 5.32 Å². The molecule has 1 saturated carbocycles. The van der Waals surface area contributed by atoms with Crippen LogP contribution in [0.15, 0.2) is 12.7 Å². The van der Waals surface area contributed by atoms with Gasteiger partial charge in [0.05, 0.1) is 7.11 Å². The van der Waals surface area contributed by atoms with Gasteiger partial charge in [-0.15, -0.1) is 16.8 Å². The number of tetrazole rings is 1. The van der Waals surface area contributed by atoms with Gasteiger partial charge in [0.15, 0.2) is 5.82 Å². The second-order valence-electron chi connectivity index (χ2n) is 5.98. The van der Waals surface area contributed by atoms with E-state index in [9.17, 15) is 4.79 Å². The number of hydrogen-bond acceptors (Lipinski definition) is 6. The maximum Gasteiger partial charge on any atom is 0.326 e. The van der Waals surface area contributed by atoms with E-state index in [0.29, 0.717) is 18.8 Å². The fraction of sp³-hybridized carbons (Fsp3) is 0.714. The number of rotatable bonds is 8. The Kier molecular flexibility index (Phi) is 4.41. The zero-order valence-corrected chi connectivity index (χ0v) is 12.8. The van der Waals surface area contributed by atoms with Gasteiger partial charge in [-0.25, -0.2) is 0 Å². The molecule has 1 fully saturated rings. The van der Waals surface area contributed by atoms with Gasteiger partial charge in [0.1, 0.15) is 5.54 Å². The summed E-state index contributed by atoms with van der Waals surface area (Å²) >= 11 is 0. The van der Waals surface area contributed by atoms with Crippen LogP contribution in [-0.4, -0.2) is 45.8 Å². The molecule has 2 rings (SSSR count). The van der Waals surface area contributed by atoms with E-state index in [-0.39, 0.29) is 17.3 Å². The lowest BCUT2D eigenvalue weighted by atomic mass is 9.82. The van der Waals surface area contributed by atoms with Gasteiger partial charge in [-0.1, -0.05) is 25.1 Å². The molecule has 1 aromatic rings. The van der Waals surface area contributed by atoms with E-state index in [2.05, 4.69) is 32.5 Å². The van der Waals surface area contributed by atoms with E-state index >= 15 is 0 Å². The molecular formula is C14H23N5O2. The lowest BCUT2D eigenvalue weighted by molar-refractivity contribution is -0.150. The Morgan fingerprint density at radius 3 is 2.76 bits per heavy atom. The smallest absolute Gasteiger partial charge is 0.326 e. The van der Waals surface area contributed by atoms with Crippen LogP contribution in [0.5, 0.6) is 0 Å². The highest BCUT2D eigenvalue weighted by Gasteiger charge is 2.51. The first-order valence-electron chi connectivity index (χ1n) is 7.19. The molecule has 21 heavy (non-hydrogen) atoms. The molecule has 0 bridgehead atoms. The standard InChI is InChI=1S/C14H23N5O2/c1-5-6-14(10(2)3,12(20)21-4)15-9-13(7-8-13)11-16-18-19-17-11/h5,10,15H,1,6-9H2,2-4H3,(H,16,17,18,19)/t14-/m0/s1. The highest BCUT2D eigenvalue weighted by Crippen LogP contribution is 2.46. The topological polar surface area (TPSA) is 92.8 Å². The van der Waals surface area contributed by atoms with Crippen LogP contribution >= 0.6 is 0 Å². The first-order valence-corrected chi connectivity index (χ1v) is 7.19. The van der Waals surface area contributed by atoms with E-state index in [1.807, 2.05) is 13.8 Å². The van der Waals surface area contributed by atoms with Crippen molar-refractivity contribution in [3.8, 4) is 0 Å². The van der Waals surface area contributed by atoms with Gasteiger partial charge in [0.25, 0.3) is 0 Å². The number of carbonyl (C=O) groups is 1. The molecule has 0 spiro atoms. The summed E-state index contributed by atoms with van der Waals surface area (Å²) < 4.78 is 5.01. The molecule has 1 atom stereocenters. The lowest BCUT2D eigenvalue weighted by Gasteiger charge is -2.36. The Balaban J connectivity index is 2.16. The Labute approximate surface area is 124 Å². The number of nitrogens with one attached hydrogen (secondary N) is 2. The molecule has 0 radical (unpaired) electrons. The van der Waals surface area contributed by atoms with E-state index in [4.69, 9.17) is 4.74 Å². The minimum absolute atomic E-state index is 0.0732. The van der Waals surface area contributed by atoms with Crippen LogP contribution in [0.3, 0.4) is 0 Å². The van der Waals surface area contributed by atoms with E-state index in [0.717, 1.165) is 12.8 Å². The average Bonchev–Trinajstić information content (AvgIpc) is 3.05. The molecule has 0 saturated heterocycles. The monoisotopic (exact) mass is 293 g/mol. The van der Waals surface area contributed by atoms with Crippen LogP contribution in [0.4, 0.5) is 0 Å². The van der Waals surface area contributed by atoms with Crippen LogP contribution in [-0.2, 0) is 14.9 Å². The van der Waals surface area contributed by atoms with Crippen LogP contribution in [0, 0.1) is 5.92 Å². The number of ether oxygens (including phenoxy) is 1. The molecule has 7 nitrogen and oxygen atoms in total. The van der Waals surface area contributed by atoms with Crippen molar-refractivity contribution in [3.05, 3.63) is 18.5 Å². The zero-order valence-electron chi connectivity index (χ0n) is 12.8. The number of methoxy groups -OCH3 is 1. The second-order valence-corrected chi connectivity index (χ2v) is 5.98. The van der Waals surface area contributed by atoms with Crippen molar-refractivity contribution in [3.63, 3.8) is 0 Å². The summed E-state index contributed by atoms with van der Waals surface area (Å²) in [4.78, 5) is 12.3. The lowest BCUT2D eigenvalue weighted by Crippen LogP contribution is -2.58. The third kappa shape index (κ3) is 2.83.